The lowest BCUT2D eigenvalue weighted by molar-refractivity contribution is 0.0692. The monoisotopic (exact) mass is 767 g/mol. The topological polar surface area (TPSA) is 151 Å². The number of urea groups is 1. The van der Waals surface area contributed by atoms with Crippen molar-refractivity contribution in [1.29, 1.82) is 0 Å². The van der Waals surface area contributed by atoms with Gasteiger partial charge in [0.1, 0.15) is 23.1 Å². The van der Waals surface area contributed by atoms with E-state index in [4.69, 9.17) is 30.5 Å². The minimum Gasteiger partial charge on any atom is -0.497 e. The van der Waals surface area contributed by atoms with Crippen molar-refractivity contribution < 1.29 is 28.5 Å². The summed E-state index contributed by atoms with van der Waals surface area (Å²) < 4.78 is 23.7. The van der Waals surface area contributed by atoms with Crippen molar-refractivity contribution >= 4 is 34.2 Å². The molecule has 0 atom stereocenters. The lowest BCUT2D eigenvalue weighted by atomic mass is 9.92. The van der Waals surface area contributed by atoms with Crippen LogP contribution in [-0.2, 0) is 21.3 Å². The Morgan fingerprint density at radius 3 is 2.40 bits per heavy atom. The lowest BCUT2D eigenvalue weighted by Gasteiger charge is -2.14. The number of hydrogen-bond donors (Lipinski definition) is 3. The van der Waals surface area contributed by atoms with Crippen molar-refractivity contribution in [3.63, 3.8) is 0 Å². The summed E-state index contributed by atoms with van der Waals surface area (Å²) in [6.45, 7) is 7.84. The van der Waals surface area contributed by atoms with Crippen LogP contribution in [0.4, 0.5) is 16.3 Å². The minimum atomic E-state index is -0.439. The molecule has 13 nitrogen and oxygen atoms in total. The number of benzene rings is 4. The average Bonchev–Trinajstić information content (AvgIpc) is 3.64. The standard InChI is InChI=1S/C44H45N7O6/c1-7-29-24-30(26-31(25-29)42(52)46-20-21-56-23-22-54-5)27-39-45-19-18-41(48-39)57-37-17-16-36(34-10-8-9-11-35(34)37)47-43(53)49-40-28-38(44(2,3)4)50-51(40)32-12-14-33(55-6)15-13-32/h1,8-19,24-26,28H,20-23,27H2,2-6H3,(H,46,52)(H2,47,49,53). The van der Waals surface area contributed by atoms with Gasteiger partial charge in [-0.25, -0.2) is 14.5 Å². The molecule has 2 heterocycles. The molecule has 3 amide bonds. The molecule has 57 heavy (non-hydrogen) atoms. The fourth-order valence-corrected chi connectivity index (χ4v) is 5.91. The molecule has 0 aliphatic heterocycles. The molecule has 0 fully saturated rings. The van der Waals surface area contributed by atoms with E-state index in [0.29, 0.717) is 78.6 Å². The normalized spacial score (nSPS) is 11.2. The number of amides is 3. The second-order valence-electron chi connectivity index (χ2n) is 14.0. The number of nitrogens with zero attached hydrogens (tertiary/aromatic N) is 4. The van der Waals surface area contributed by atoms with E-state index < -0.39 is 6.03 Å². The van der Waals surface area contributed by atoms with Crippen molar-refractivity contribution in [3.8, 4) is 35.4 Å². The molecule has 0 spiro atoms. The van der Waals surface area contributed by atoms with Crippen molar-refractivity contribution in [1.82, 2.24) is 25.1 Å². The maximum absolute atomic E-state index is 13.5. The maximum atomic E-state index is 13.5. The van der Waals surface area contributed by atoms with E-state index in [1.165, 1.54) is 0 Å². The molecule has 6 rings (SSSR count). The third kappa shape index (κ3) is 10.3. The van der Waals surface area contributed by atoms with E-state index in [2.05, 4.69) is 52.6 Å². The van der Waals surface area contributed by atoms with Crippen LogP contribution < -0.4 is 25.4 Å². The quantitative estimate of drug-likeness (QED) is 0.0712. The van der Waals surface area contributed by atoms with Gasteiger partial charge in [-0.2, -0.15) is 10.1 Å². The summed E-state index contributed by atoms with van der Waals surface area (Å²) in [6.07, 6.45) is 7.65. The number of nitrogens with one attached hydrogen (secondary N) is 3. The van der Waals surface area contributed by atoms with E-state index in [9.17, 15) is 9.59 Å². The Hall–Kier alpha value is -6.75. The third-order valence-electron chi connectivity index (χ3n) is 8.81. The Bertz CT molecular complexity index is 2400. The number of aromatic nitrogens is 4. The third-order valence-corrected chi connectivity index (χ3v) is 8.81. The van der Waals surface area contributed by atoms with Crippen LogP contribution in [0, 0.1) is 12.3 Å². The van der Waals surface area contributed by atoms with Crippen molar-refractivity contribution in [3.05, 3.63) is 125 Å². The molecule has 2 aromatic heterocycles. The molecule has 13 heteroatoms. The van der Waals surface area contributed by atoms with Crippen molar-refractivity contribution in [2.75, 3.05) is 51.2 Å². The van der Waals surface area contributed by atoms with Gasteiger partial charge in [-0.3, -0.25) is 10.1 Å². The van der Waals surface area contributed by atoms with Gasteiger partial charge < -0.3 is 29.6 Å². The van der Waals surface area contributed by atoms with Crippen LogP contribution in [0.25, 0.3) is 16.5 Å². The number of ether oxygens (including phenoxy) is 4. The second kappa shape index (κ2) is 18.3. The number of fused-ring (bicyclic) bond motifs is 1. The van der Waals surface area contributed by atoms with Crippen LogP contribution in [0.1, 0.15) is 53.8 Å². The van der Waals surface area contributed by atoms with Crippen LogP contribution in [-0.4, -0.2) is 72.3 Å². The molecule has 0 saturated carbocycles. The van der Waals surface area contributed by atoms with Gasteiger partial charge in [-0.15, -0.1) is 6.42 Å². The zero-order valence-electron chi connectivity index (χ0n) is 32.6. The Balaban J connectivity index is 1.16. The first kappa shape index (κ1) is 39.9. The highest BCUT2D eigenvalue weighted by Gasteiger charge is 2.22. The first-order chi connectivity index (χ1) is 27.5. The van der Waals surface area contributed by atoms with Crippen LogP contribution >= 0.6 is 0 Å². The van der Waals surface area contributed by atoms with Gasteiger partial charge in [0, 0.05) is 65.7 Å². The average molecular weight is 768 g/mol. The molecule has 0 bridgehead atoms. The van der Waals surface area contributed by atoms with Crippen LogP contribution in [0.2, 0.25) is 0 Å². The summed E-state index contributed by atoms with van der Waals surface area (Å²) in [5, 5.41) is 15.2. The number of rotatable bonds is 15. The fraction of sp³-hybridized carbons (Fsp3) is 0.250. The van der Waals surface area contributed by atoms with Crippen LogP contribution in [0.5, 0.6) is 17.4 Å². The Morgan fingerprint density at radius 1 is 0.877 bits per heavy atom. The number of carbonyl (C=O) groups excluding carboxylic acids is 2. The van der Waals surface area contributed by atoms with Crippen molar-refractivity contribution in [2.45, 2.75) is 32.6 Å². The second-order valence-corrected chi connectivity index (χ2v) is 14.0. The summed E-state index contributed by atoms with van der Waals surface area (Å²) in [5.41, 5.74) is 3.67. The predicted molar refractivity (Wildman–Crippen MR) is 220 cm³/mol. The Labute approximate surface area is 331 Å². The number of methoxy groups -OCH3 is 2. The van der Waals surface area contributed by atoms with E-state index >= 15 is 0 Å². The molecule has 0 radical (unpaired) electrons. The van der Waals surface area contributed by atoms with Gasteiger partial charge in [-0.1, -0.05) is 51.0 Å². The summed E-state index contributed by atoms with van der Waals surface area (Å²) in [4.78, 5) is 35.6. The van der Waals surface area contributed by atoms with Gasteiger partial charge in [0.15, 0.2) is 0 Å². The van der Waals surface area contributed by atoms with E-state index in [1.54, 1.807) is 55.4 Å². The van der Waals surface area contributed by atoms with Crippen molar-refractivity contribution in [2.24, 2.45) is 0 Å². The highest BCUT2D eigenvalue weighted by atomic mass is 16.5. The number of anilines is 2. The first-order valence-corrected chi connectivity index (χ1v) is 18.3. The first-order valence-electron chi connectivity index (χ1n) is 18.3. The number of terminal acetylenes is 1. The molecule has 3 N–H and O–H groups in total. The molecule has 0 aliphatic carbocycles. The molecule has 0 unspecified atom stereocenters. The van der Waals surface area contributed by atoms with Crippen LogP contribution in [0.15, 0.2) is 97.2 Å². The lowest BCUT2D eigenvalue weighted by Crippen LogP contribution is -2.27. The summed E-state index contributed by atoms with van der Waals surface area (Å²) in [5.74, 6) is 4.92. The highest BCUT2D eigenvalue weighted by Crippen LogP contribution is 2.34. The van der Waals surface area contributed by atoms with Gasteiger partial charge in [-0.05, 0) is 60.2 Å². The Kier molecular flexibility index (Phi) is 12.8. The van der Waals surface area contributed by atoms with E-state index in [-0.39, 0.29) is 11.3 Å². The van der Waals surface area contributed by atoms with Gasteiger partial charge in [0.05, 0.1) is 44.0 Å². The summed E-state index contributed by atoms with van der Waals surface area (Å²) in [7, 11) is 3.21. The zero-order chi connectivity index (χ0) is 40.4. The van der Waals surface area contributed by atoms with Gasteiger partial charge >= 0.3 is 6.03 Å². The molecular weight excluding hydrogens is 723 g/mol. The van der Waals surface area contributed by atoms with Crippen LogP contribution in [0.3, 0.4) is 0 Å². The maximum Gasteiger partial charge on any atom is 0.324 e. The minimum absolute atomic E-state index is 0.254. The zero-order valence-corrected chi connectivity index (χ0v) is 32.6. The largest absolute Gasteiger partial charge is 0.497 e. The summed E-state index contributed by atoms with van der Waals surface area (Å²) >= 11 is 0. The number of hydrogen-bond acceptors (Lipinski definition) is 9. The molecular formula is C44H45N7O6. The highest BCUT2D eigenvalue weighted by molar-refractivity contribution is 6.07. The predicted octanol–water partition coefficient (Wildman–Crippen LogP) is 7.52. The molecule has 4 aromatic carbocycles. The molecule has 0 saturated heterocycles. The van der Waals surface area contributed by atoms with E-state index in [1.807, 2.05) is 60.7 Å². The fourth-order valence-electron chi connectivity index (χ4n) is 5.91. The number of carbonyl (C=O) groups is 2. The Morgan fingerprint density at radius 2 is 1.67 bits per heavy atom. The molecule has 6 aromatic rings. The SMILES string of the molecule is C#Cc1cc(Cc2nccc(Oc3ccc(NC(=O)Nc4cc(C(C)(C)C)nn4-c4ccc(OC)cc4)c4ccccc34)n2)cc(C(=O)NCCOCCOC)c1. The molecule has 0 aliphatic rings. The molecule has 292 valence electrons. The summed E-state index contributed by atoms with van der Waals surface area (Å²) in [6, 6.07) is 27.0. The van der Waals surface area contributed by atoms with Gasteiger partial charge in [0.2, 0.25) is 5.88 Å². The smallest absolute Gasteiger partial charge is 0.324 e. The van der Waals surface area contributed by atoms with Gasteiger partial charge in [0.25, 0.3) is 5.91 Å². The van der Waals surface area contributed by atoms with E-state index in [0.717, 1.165) is 27.7 Å².